The molecule has 0 aromatic carbocycles. The number of rotatable bonds is 0. The van der Waals surface area contributed by atoms with Crippen molar-refractivity contribution < 1.29 is 0 Å². The second-order valence-corrected chi connectivity index (χ2v) is 99.2. The van der Waals surface area contributed by atoms with E-state index in [0.29, 0.717) is 0 Å². The minimum absolute atomic E-state index is 0.775. The summed E-state index contributed by atoms with van der Waals surface area (Å²) < 4.78 is 24.0. The quantitative estimate of drug-likeness (QED) is 0.323. The molecule has 0 unspecified atom stereocenters. The van der Waals surface area contributed by atoms with Gasteiger partial charge in [-0.1, -0.05) is 84.5 Å². The third-order valence-corrected chi connectivity index (χ3v) is 215. The fraction of sp³-hybridized carbons (Fsp3) is 0.143. The Kier molecular flexibility index (Phi) is 5.69. The van der Waals surface area contributed by atoms with Gasteiger partial charge in [0.2, 0.25) is 0 Å². The largest absolute Gasteiger partial charge is 0.0875 e. The van der Waals surface area contributed by atoms with Gasteiger partial charge in [-0.05, 0) is 6.92 Å². The van der Waals surface area contributed by atoms with Crippen molar-refractivity contribution >= 4 is 86.0 Å². The molecule has 0 aromatic heterocycles. The van der Waals surface area contributed by atoms with Crippen LogP contribution < -0.4 is 0 Å². The molecule has 0 saturated heterocycles. The van der Waals surface area contributed by atoms with Crippen LogP contribution in [0, 0.1) is 0 Å². The molecular weight excluding hydrogens is 719 g/mol. The Hall–Kier alpha value is 2.87. The van der Waals surface area contributed by atoms with Gasteiger partial charge in [-0.15, -0.1) is 0 Å². The highest BCUT2D eigenvalue weighted by molar-refractivity contribution is 15.6. The Labute approximate surface area is 89.7 Å². The highest BCUT2D eigenvalue weighted by Crippen LogP contribution is 2.67. The van der Waals surface area contributed by atoms with Crippen LogP contribution in [0.1, 0.15) is 6.92 Å². The molecule has 1 heterocycles. The normalized spacial score (nSPS) is 26.6. The first-order valence-electron chi connectivity index (χ1n) is 2.79. The summed E-state index contributed by atoms with van der Waals surface area (Å²) in [6.07, 6.45) is 0. The van der Waals surface area contributed by atoms with Crippen LogP contribution in [0.5, 0.6) is 0 Å². The molecule has 1 aliphatic heterocycles. The first-order chi connectivity index (χ1) is 5.46. The van der Waals surface area contributed by atoms with E-state index in [9.17, 15) is 0 Å². The second-order valence-electron chi connectivity index (χ2n) is 1.83. The van der Waals surface area contributed by atoms with Crippen molar-refractivity contribution in [3.05, 3.63) is 0 Å². The highest BCUT2D eigenvalue weighted by atomic mass is 128. The molecule has 0 bridgehead atoms. The van der Waals surface area contributed by atoms with Crippen LogP contribution in [0.3, 0.4) is 0 Å². The van der Waals surface area contributed by atoms with E-state index in [2.05, 4.69) is 29.5 Å². The summed E-state index contributed by atoms with van der Waals surface area (Å²) in [4.78, 5) is 0. The Morgan fingerprint density at radius 2 is 1.33 bits per heavy atom. The molecular formula is C7H13I5. The van der Waals surface area contributed by atoms with Gasteiger partial charge in [0.05, 0.1) is 0 Å². The molecule has 0 saturated carbocycles. The van der Waals surface area contributed by atoms with Gasteiger partial charge in [0, 0.05) is 1.52 Å². The minimum Gasteiger partial charge on any atom is -0.0875 e. The number of hydrogen-bond donors (Lipinski definition) is 0. The molecule has 1 rings (SSSR count). The van der Waals surface area contributed by atoms with Crippen molar-refractivity contribution in [1.82, 2.24) is 0 Å². The lowest BCUT2D eigenvalue weighted by Gasteiger charge is -2.06. The zero-order valence-electron chi connectivity index (χ0n) is 6.93. The van der Waals surface area contributed by atoms with Gasteiger partial charge in [-0.3, -0.25) is 0 Å². The van der Waals surface area contributed by atoms with Crippen molar-refractivity contribution in [3.63, 3.8) is 0 Å². The van der Waals surface area contributed by atoms with Crippen LogP contribution in [0.25, 0.3) is 0 Å². The monoisotopic (exact) mass is 732 g/mol. The van der Waals surface area contributed by atoms with Gasteiger partial charge in [-0.25, -0.2) is 0 Å². The maximum Gasteiger partial charge on any atom is 0.0149 e. The molecule has 5 heteroatoms. The third kappa shape index (κ3) is 2.51. The summed E-state index contributed by atoms with van der Waals surface area (Å²) in [5.41, 5.74) is 0. The molecule has 0 atom stereocenters. The SMILES string of the molecule is C=I1=C(C)I(=C)=I(=C)I(=C)=I1=C. The summed E-state index contributed by atoms with van der Waals surface area (Å²) in [6.45, 7) is 2.35. The van der Waals surface area contributed by atoms with E-state index < -0.39 is 61.9 Å². The maximum absolute atomic E-state index is 4.45. The van der Waals surface area contributed by atoms with Crippen molar-refractivity contribution in [3.8, 4) is 0 Å². The summed E-state index contributed by atoms with van der Waals surface area (Å²) in [6, 6.07) is 0. The first kappa shape index (κ1) is 12.9. The lowest BCUT2D eigenvalue weighted by molar-refractivity contribution is 2.14. The predicted octanol–water partition coefficient (Wildman–Crippen LogP) is 4.50. The summed E-state index contributed by atoms with van der Waals surface area (Å²) >= 11 is -1.77. The van der Waals surface area contributed by atoms with Gasteiger partial charge in [0.15, 0.2) is 0 Å². The fourth-order valence-corrected chi connectivity index (χ4v) is 406. The molecule has 1 aliphatic rings. The standard InChI is InChI=1S/C7H13I5/c1-7-8(2)10(4)12(6)11(5)9(7)3/h2-6H2,1H3. The average Bonchev–Trinajstić information content (AvgIpc) is 2.08. The lowest BCUT2D eigenvalue weighted by Crippen LogP contribution is -1.68. The van der Waals surface area contributed by atoms with Crippen LogP contribution in [0.2, 0.25) is 0 Å². The summed E-state index contributed by atoms with van der Waals surface area (Å²) in [5.74, 6) is 0. The Morgan fingerprint density at radius 3 is 1.83 bits per heavy atom. The average molecular weight is 732 g/mol. The van der Waals surface area contributed by atoms with Gasteiger partial charge >= 0.3 is 0 Å². The molecule has 0 aromatic rings. The van der Waals surface area contributed by atoms with Gasteiger partial charge in [0.1, 0.15) is 0 Å². The smallest absolute Gasteiger partial charge is 0.0149 e. The van der Waals surface area contributed by atoms with E-state index in [1.807, 2.05) is 1.52 Å². The lowest BCUT2D eigenvalue weighted by atomic mass is 11.0. The second kappa shape index (κ2) is 5.27. The zero-order chi connectivity index (χ0) is 9.46. The molecule has 0 radical (unpaired) electrons. The van der Waals surface area contributed by atoms with E-state index >= 15 is 0 Å². The fourth-order valence-electron chi connectivity index (χ4n) is 0.503. The summed E-state index contributed by atoms with van der Waals surface area (Å²) in [5, 5.41) is 0. The molecule has 0 fully saturated rings. The van der Waals surface area contributed by atoms with Crippen molar-refractivity contribution in [2.75, 3.05) is 0 Å². The molecule has 76 valence electrons. The van der Waals surface area contributed by atoms with Crippen LogP contribution in [-0.2, 0) is 0 Å². The van der Waals surface area contributed by atoms with Gasteiger partial charge in [-0.2, -0.15) is 0 Å². The van der Waals surface area contributed by atoms with Crippen molar-refractivity contribution in [2.45, 2.75) is 6.92 Å². The van der Waals surface area contributed by atoms with Gasteiger partial charge < -0.3 is 0 Å². The number of halogens is 5. The number of hydrogen-bond acceptors (Lipinski definition) is 0. The third-order valence-electron chi connectivity index (χ3n) is 1.28. The molecule has 12 heavy (non-hydrogen) atoms. The van der Waals surface area contributed by atoms with Crippen LogP contribution in [0.4, 0.5) is 0 Å². The van der Waals surface area contributed by atoms with E-state index in [4.69, 9.17) is 0 Å². The van der Waals surface area contributed by atoms with Crippen LogP contribution in [-0.4, -0.2) is 24.1 Å². The zero-order valence-corrected chi connectivity index (χ0v) is 17.7. The van der Waals surface area contributed by atoms with E-state index in [0.717, 1.165) is 0 Å². The predicted molar refractivity (Wildman–Crippen MR) is 116 cm³/mol. The minimum atomic E-state index is -0.884. The van der Waals surface area contributed by atoms with E-state index in [1.165, 1.54) is 0 Å². The van der Waals surface area contributed by atoms with Crippen molar-refractivity contribution in [2.24, 2.45) is 0 Å². The molecule has 0 spiro atoms. The Morgan fingerprint density at radius 1 is 0.833 bits per heavy atom. The van der Waals surface area contributed by atoms with Crippen molar-refractivity contribution in [1.29, 1.82) is 0 Å². The molecule has 0 amide bonds. The Balaban J connectivity index is 4.06. The maximum atomic E-state index is 4.45. The summed E-state index contributed by atoms with van der Waals surface area (Å²) in [7, 11) is -2.37. The van der Waals surface area contributed by atoms with Gasteiger partial charge in [0.25, 0.3) is 0 Å². The van der Waals surface area contributed by atoms with E-state index in [1.54, 1.807) is 0 Å². The molecule has 0 nitrogen and oxygen atoms in total. The topological polar surface area (TPSA) is 0 Å². The molecule has 0 aliphatic carbocycles. The highest BCUT2D eigenvalue weighted by Gasteiger charge is 1.96. The molecule has 0 N–H and O–H groups in total. The van der Waals surface area contributed by atoms with Crippen LogP contribution in [0.15, 0.2) is 0 Å². The first-order valence-corrected chi connectivity index (χ1v) is 37.7. The van der Waals surface area contributed by atoms with Crippen LogP contribution >= 0.6 is 61.9 Å². The van der Waals surface area contributed by atoms with E-state index in [-0.39, 0.29) is 0 Å². The Bertz CT molecular complexity index is 542.